The number of nitrogens with zero attached hydrogens (tertiary/aromatic N) is 2. The first-order chi connectivity index (χ1) is 13.0. The predicted molar refractivity (Wildman–Crippen MR) is 106 cm³/mol. The number of benzene rings is 1. The van der Waals surface area contributed by atoms with Crippen LogP contribution in [0.4, 0.5) is 5.69 Å². The van der Waals surface area contributed by atoms with E-state index in [0.717, 1.165) is 18.4 Å². The number of aryl methyl sites for hydroxylation is 1. The van der Waals surface area contributed by atoms with Gasteiger partial charge in [0.25, 0.3) is 0 Å². The molecule has 0 unspecified atom stereocenters. The molecule has 1 aromatic heterocycles. The molecule has 1 aliphatic rings. The van der Waals surface area contributed by atoms with Crippen molar-refractivity contribution < 1.29 is 14.0 Å². The normalized spacial score (nSPS) is 18.5. The molecule has 2 heterocycles. The van der Waals surface area contributed by atoms with E-state index in [0.29, 0.717) is 17.5 Å². The van der Waals surface area contributed by atoms with Gasteiger partial charge in [0.15, 0.2) is 0 Å². The molecule has 2 aromatic rings. The van der Waals surface area contributed by atoms with Crippen LogP contribution in [0.1, 0.15) is 46.4 Å². The first-order valence-corrected chi connectivity index (χ1v) is 9.35. The van der Waals surface area contributed by atoms with Crippen LogP contribution >= 0.6 is 0 Å². The minimum Gasteiger partial charge on any atom is -0.421 e. The Balaban J connectivity index is 1.59. The summed E-state index contributed by atoms with van der Waals surface area (Å²) in [6.45, 7) is 10.1. The summed E-state index contributed by atoms with van der Waals surface area (Å²) in [7, 11) is 0. The highest BCUT2D eigenvalue weighted by molar-refractivity contribution is 6.39. The summed E-state index contributed by atoms with van der Waals surface area (Å²) in [4.78, 5) is 24.6. The van der Waals surface area contributed by atoms with Gasteiger partial charge in [-0.15, -0.1) is 10.2 Å². The van der Waals surface area contributed by atoms with Gasteiger partial charge in [0, 0.05) is 35.3 Å². The van der Waals surface area contributed by atoms with Gasteiger partial charge in [0.1, 0.15) is 0 Å². The van der Waals surface area contributed by atoms with Crippen molar-refractivity contribution >= 4 is 17.5 Å². The third kappa shape index (κ3) is 4.95. The number of aromatic nitrogens is 2. The lowest BCUT2D eigenvalue weighted by Gasteiger charge is -2.46. The van der Waals surface area contributed by atoms with Gasteiger partial charge in [-0.1, -0.05) is 0 Å². The second-order valence-electron chi connectivity index (χ2n) is 8.63. The van der Waals surface area contributed by atoms with Gasteiger partial charge in [0.05, 0.1) is 0 Å². The second-order valence-corrected chi connectivity index (χ2v) is 8.63. The molecule has 0 aliphatic carbocycles. The highest BCUT2D eigenvalue weighted by Gasteiger charge is 2.38. The number of anilines is 1. The zero-order chi connectivity index (χ0) is 20.5. The van der Waals surface area contributed by atoms with E-state index in [2.05, 4.69) is 53.8 Å². The molecule has 1 aliphatic heterocycles. The van der Waals surface area contributed by atoms with Crippen LogP contribution in [0.2, 0.25) is 0 Å². The number of nitrogens with one attached hydrogen (secondary N) is 3. The Labute approximate surface area is 164 Å². The van der Waals surface area contributed by atoms with Gasteiger partial charge in [-0.3, -0.25) is 9.59 Å². The van der Waals surface area contributed by atoms with Gasteiger partial charge < -0.3 is 20.4 Å². The van der Waals surface area contributed by atoms with E-state index in [9.17, 15) is 9.59 Å². The lowest BCUT2D eigenvalue weighted by atomic mass is 9.79. The Kier molecular flexibility index (Phi) is 5.25. The SMILES string of the molecule is Cc1nnc(-c2ccc(NC(=O)C(=O)NC3CC(C)(C)NC(C)(C)C3)cc2)o1. The smallest absolute Gasteiger partial charge is 0.313 e. The largest absolute Gasteiger partial charge is 0.421 e. The average molecular weight is 385 g/mol. The van der Waals surface area contributed by atoms with Crippen molar-refractivity contribution in [3.8, 4) is 11.5 Å². The zero-order valence-corrected chi connectivity index (χ0v) is 16.9. The summed E-state index contributed by atoms with van der Waals surface area (Å²) in [6, 6.07) is 6.82. The minimum absolute atomic E-state index is 0.0624. The average Bonchev–Trinajstić information content (AvgIpc) is 2.99. The molecular weight excluding hydrogens is 358 g/mol. The monoisotopic (exact) mass is 385 g/mol. The highest BCUT2D eigenvalue weighted by atomic mass is 16.4. The maximum Gasteiger partial charge on any atom is 0.313 e. The molecule has 1 saturated heterocycles. The quantitative estimate of drug-likeness (QED) is 0.700. The summed E-state index contributed by atoms with van der Waals surface area (Å²) in [6.07, 6.45) is 1.52. The van der Waals surface area contributed by atoms with Crippen LogP contribution < -0.4 is 16.0 Å². The van der Waals surface area contributed by atoms with Crippen molar-refractivity contribution in [2.45, 2.75) is 64.6 Å². The van der Waals surface area contributed by atoms with Crippen LogP contribution in [-0.4, -0.2) is 39.1 Å². The maximum atomic E-state index is 12.4. The van der Waals surface area contributed by atoms with Gasteiger partial charge in [-0.2, -0.15) is 0 Å². The summed E-state index contributed by atoms with van der Waals surface area (Å²) < 4.78 is 5.37. The summed E-state index contributed by atoms with van der Waals surface area (Å²) in [5, 5.41) is 16.8. The zero-order valence-electron chi connectivity index (χ0n) is 16.9. The standard InChI is InChI=1S/C20H27N5O3/c1-12-23-24-18(28-12)13-6-8-14(9-7-13)21-16(26)17(27)22-15-10-19(2,3)25-20(4,5)11-15/h6-9,15,25H,10-11H2,1-5H3,(H,21,26)(H,22,27). The van der Waals surface area contributed by atoms with Crippen LogP contribution in [0.5, 0.6) is 0 Å². The Bertz CT molecular complexity index is 854. The first-order valence-electron chi connectivity index (χ1n) is 9.35. The number of amides is 2. The van der Waals surface area contributed by atoms with Crippen molar-refractivity contribution in [2.24, 2.45) is 0 Å². The third-order valence-electron chi connectivity index (χ3n) is 4.65. The Morgan fingerprint density at radius 1 is 1.04 bits per heavy atom. The fourth-order valence-electron chi connectivity index (χ4n) is 3.97. The van der Waals surface area contributed by atoms with Crippen LogP contribution in [0.25, 0.3) is 11.5 Å². The number of carbonyl (C=O) groups is 2. The van der Waals surface area contributed by atoms with Crippen molar-refractivity contribution in [2.75, 3.05) is 5.32 Å². The van der Waals surface area contributed by atoms with E-state index in [1.165, 1.54) is 0 Å². The molecule has 3 N–H and O–H groups in total. The van der Waals surface area contributed by atoms with E-state index < -0.39 is 11.8 Å². The maximum absolute atomic E-state index is 12.4. The highest BCUT2D eigenvalue weighted by Crippen LogP contribution is 2.28. The third-order valence-corrected chi connectivity index (χ3v) is 4.65. The van der Waals surface area contributed by atoms with Gasteiger partial charge in [-0.25, -0.2) is 0 Å². The fourth-order valence-corrected chi connectivity index (χ4v) is 3.97. The lowest BCUT2D eigenvalue weighted by molar-refractivity contribution is -0.137. The van der Waals surface area contributed by atoms with E-state index in [-0.39, 0.29) is 17.1 Å². The van der Waals surface area contributed by atoms with Gasteiger partial charge in [-0.05, 0) is 64.8 Å². The molecule has 1 fully saturated rings. The number of hydrogen-bond donors (Lipinski definition) is 3. The number of hydrogen-bond acceptors (Lipinski definition) is 6. The number of rotatable bonds is 3. The molecule has 0 spiro atoms. The molecule has 28 heavy (non-hydrogen) atoms. The van der Waals surface area contributed by atoms with E-state index in [4.69, 9.17) is 4.42 Å². The molecule has 150 valence electrons. The molecule has 0 radical (unpaired) electrons. The van der Waals surface area contributed by atoms with Crippen LogP contribution in [0.15, 0.2) is 28.7 Å². The first kappa shape index (κ1) is 20.0. The Morgan fingerprint density at radius 3 is 2.18 bits per heavy atom. The number of piperidine rings is 1. The second kappa shape index (κ2) is 7.35. The predicted octanol–water partition coefficient (Wildman–Crippen LogP) is 2.41. The summed E-state index contributed by atoms with van der Waals surface area (Å²) >= 11 is 0. The van der Waals surface area contributed by atoms with Crippen molar-refractivity contribution in [3.63, 3.8) is 0 Å². The van der Waals surface area contributed by atoms with E-state index in [1.54, 1.807) is 31.2 Å². The van der Waals surface area contributed by atoms with Crippen LogP contribution in [0, 0.1) is 6.92 Å². The molecule has 0 saturated carbocycles. The topological polar surface area (TPSA) is 109 Å². The van der Waals surface area contributed by atoms with Crippen molar-refractivity contribution in [3.05, 3.63) is 30.2 Å². The van der Waals surface area contributed by atoms with Crippen molar-refractivity contribution in [1.82, 2.24) is 20.8 Å². The summed E-state index contributed by atoms with van der Waals surface area (Å²) in [5.74, 6) is -0.428. The molecule has 3 rings (SSSR count). The minimum atomic E-state index is -0.685. The van der Waals surface area contributed by atoms with Crippen LogP contribution in [-0.2, 0) is 9.59 Å². The van der Waals surface area contributed by atoms with Gasteiger partial charge in [0.2, 0.25) is 11.8 Å². The number of carbonyl (C=O) groups excluding carboxylic acids is 2. The fraction of sp³-hybridized carbons (Fsp3) is 0.500. The van der Waals surface area contributed by atoms with E-state index >= 15 is 0 Å². The summed E-state index contributed by atoms with van der Waals surface area (Å²) in [5.41, 5.74) is 1.03. The van der Waals surface area contributed by atoms with Gasteiger partial charge >= 0.3 is 11.8 Å². The molecule has 0 atom stereocenters. The van der Waals surface area contributed by atoms with Crippen molar-refractivity contribution in [1.29, 1.82) is 0 Å². The Hall–Kier alpha value is -2.74. The molecule has 0 bridgehead atoms. The lowest BCUT2D eigenvalue weighted by Crippen LogP contribution is -2.62. The van der Waals surface area contributed by atoms with Crippen LogP contribution in [0.3, 0.4) is 0 Å². The molecular formula is C20H27N5O3. The van der Waals surface area contributed by atoms with E-state index in [1.807, 2.05) is 0 Å². The molecule has 1 aromatic carbocycles. The molecule has 2 amide bonds. The molecule has 8 heteroatoms. The molecule has 8 nitrogen and oxygen atoms in total. The Morgan fingerprint density at radius 2 is 1.64 bits per heavy atom.